The fraction of sp³-hybridized carbons (Fsp3) is 0.889. The van der Waals surface area contributed by atoms with E-state index in [-0.39, 0.29) is 24.4 Å². The molecule has 2 saturated heterocycles. The van der Waals surface area contributed by atoms with E-state index in [2.05, 4.69) is 69.7 Å². The summed E-state index contributed by atoms with van der Waals surface area (Å²) < 4.78 is 11.2. The molecule has 26 heavy (non-hydrogen) atoms. The van der Waals surface area contributed by atoms with E-state index in [1.54, 1.807) is 0 Å². The number of rotatable bonds is 8. The highest BCUT2D eigenvalue weighted by atomic mass is 127. The molecule has 2 amide bonds. The van der Waals surface area contributed by atoms with Crippen LogP contribution in [-0.2, 0) is 9.47 Å². The average molecular weight is 594 g/mol. The summed E-state index contributed by atoms with van der Waals surface area (Å²) in [6, 6.07) is 0. The lowest BCUT2D eigenvalue weighted by atomic mass is 10.1. The molecule has 0 unspecified atom stereocenters. The smallest absolute Gasteiger partial charge is 0.407 e. The monoisotopic (exact) mass is 594 g/mol. The van der Waals surface area contributed by atoms with Crippen LogP contribution in [0.15, 0.2) is 0 Å². The number of carbonyl (C=O) groups is 2. The van der Waals surface area contributed by atoms with E-state index >= 15 is 0 Å². The van der Waals surface area contributed by atoms with Crippen LogP contribution < -0.4 is 10.6 Å². The van der Waals surface area contributed by atoms with Gasteiger partial charge in [-0.2, -0.15) is 0 Å². The van der Waals surface area contributed by atoms with Gasteiger partial charge in [-0.05, 0) is 25.7 Å². The Morgan fingerprint density at radius 2 is 1.19 bits per heavy atom. The van der Waals surface area contributed by atoms with Crippen LogP contribution in [0, 0.1) is 0 Å². The molecule has 0 radical (unpaired) electrons. The molecule has 0 aromatic rings. The molecule has 8 heteroatoms. The Morgan fingerprint density at radius 3 is 1.54 bits per heavy atom. The Labute approximate surface area is 184 Å². The second-order valence-corrected chi connectivity index (χ2v) is 9.87. The molecular weight excluding hydrogens is 562 g/mol. The SMILES string of the molecule is CCCCC[C@H]1OC(=O)NC[C@H]1I.CCCCC[C@H]1OC(=O)NC[C@H]1I. The third-order valence-electron chi connectivity index (χ3n) is 4.39. The predicted octanol–water partition coefficient (Wildman–Crippen LogP) is 4.96. The molecule has 2 aliphatic heterocycles. The molecule has 0 aromatic carbocycles. The van der Waals surface area contributed by atoms with Gasteiger partial charge in [0.15, 0.2) is 0 Å². The van der Waals surface area contributed by atoms with Crippen LogP contribution in [0.2, 0.25) is 0 Å². The van der Waals surface area contributed by atoms with Gasteiger partial charge in [-0.25, -0.2) is 9.59 Å². The molecule has 6 nitrogen and oxygen atoms in total. The summed E-state index contributed by atoms with van der Waals surface area (Å²) in [6.45, 7) is 5.85. The van der Waals surface area contributed by atoms with Crippen LogP contribution in [0.25, 0.3) is 0 Å². The van der Waals surface area contributed by atoms with Crippen LogP contribution >= 0.6 is 45.2 Å². The zero-order chi connectivity index (χ0) is 19.4. The van der Waals surface area contributed by atoms with E-state index < -0.39 is 0 Å². The lowest BCUT2D eigenvalue weighted by Gasteiger charge is -2.28. The van der Waals surface area contributed by atoms with Gasteiger partial charge in [-0.15, -0.1) is 0 Å². The van der Waals surface area contributed by atoms with Gasteiger partial charge < -0.3 is 20.1 Å². The van der Waals surface area contributed by atoms with Crippen LogP contribution in [0.1, 0.15) is 65.2 Å². The van der Waals surface area contributed by atoms with Crippen LogP contribution in [-0.4, -0.2) is 45.3 Å². The number of nitrogens with one attached hydrogen (secondary N) is 2. The molecule has 0 saturated carbocycles. The highest BCUT2D eigenvalue weighted by Crippen LogP contribution is 2.20. The maximum Gasteiger partial charge on any atom is 0.407 e. The van der Waals surface area contributed by atoms with Crippen molar-refractivity contribution in [2.75, 3.05) is 13.1 Å². The van der Waals surface area contributed by atoms with Gasteiger partial charge in [0.1, 0.15) is 12.2 Å². The number of alkyl carbamates (subject to hydrolysis) is 2. The Balaban J connectivity index is 0.000000260. The third kappa shape index (κ3) is 9.80. The Morgan fingerprint density at radius 1 is 0.808 bits per heavy atom. The van der Waals surface area contributed by atoms with Gasteiger partial charge in [-0.1, -0.05) is 84.7 Å². The molecule has 2 aliphatic rings. The molecule has 0 spiro atoms. The van der Waals surface area contributed by atoms with E-state index in [1.807, 2.05) is 0 Å². The first-order valence-electron chi connectivity index (χ1n) is 9.65. The van der Waals surface area contributed by atoms with Gasteiger partial charge in [0.2, 0.25) is 0 Å². The molecule has 152 valence electrons. The van der Waals surface area contributed by atoms with Crippen molar-refractivity contribution in [1.29, 1.82) is 0 Å². The molecule has 2 fully saturated rings. The number of unbranched alkanes of at least 4 members (excludes halogenated alkanes) is 4. The van der Waals surface area contributed by atoms with Crippen molar-refractivity contribution in [3.8, 4) is 0 Å². The number of ether oxygens (including phenoxy) is 2. The van der Waals surface area contributed by atoms with E-state index in [4.69, 9.17) is 9.47 Å². The van der Waals surface area contributed by atoms with Gasteiger partial charge in [-0.3, -0.25) is 0 Å². The number of hydrogen-bond acceptors (Lipinski definition) is 4. The molecule has 0 aromatic heterocycles. The van der Waals surface area contributed by atoms with Crippen molar-refractivity contribution in [2.45, 2.75) is 85.3 Å². The van der Waals surface area contributed by atoms with Gasteiger partial charge >= 0.3 is 12.2 Å². The quantitative estimate of drug-likeness (QED) is 0.237. The van der Waals surface area contributed by atoms with Gasteiger partial charge in [0.05, 0.1) is 7.85 Å². The van der Waals surface area contributed by atoms with Crippen molar-refractivity contribution in [2.24, 2.45) is 0 Å². The number of hydrogen-bond donors (Lipinski definition) is 2. The van der Waals surface area contributed by atoms with E-state index in [0.717, 1.165) is 38.8 Å². The maximum atomic E-state index is 10.9. The Hall–Kier alpha value is 0. The topological polar surface area (TPSA) is 76.7 Å². The largest absolute Gasteiger partial charge is 0.445 e. The fourth-order valence-electron chi connectivity index (χ4n) is 2.80. The summed E-state index contributed by atoms with van der Waals surface area (Å²) in [5.74, 6) is 0. The number of halogens is 2. The number of carbonyl (C=O) groups excluding carboxylic acids is 2. The van der Waals surface area contributed by atoms with Crippen LogP contribution in [0.4, 0.5) is 9.59 Å². The van der Waals surface area contributed by atoms with Crippen molar-refractivity contribution in [1.82, 2.24) is 10.6 Å². The highest BCUT2D eigenvalue weighted by Gasteiger charge is 2.28. The minimum absolute atomic E-state index is 0.126. The molecule has 2 rings (SSSR count). The Bertz CT molecular complexity index is 388. The van der Waals surface area contributed by atoms with Gasteiger partial charge in [0.25, 0.3) is 0 Å². The third-order valence-corrected chi connectivity index (χ3v) is 6.88. The van der Waals surface area contributed by atoms with Crippen molar-refractivity contribution < 1.29 is 19.1 Å². The number of cyclic esters (lactones) is 2. The van der Waals surface area contributed by atoms with Crippen molar-refractivity contribution in [3.05, 3.63) is 0 Å². The minimum atomic E-state index is -0.255. The second kappa shape index (κ2) is 14.1. The number of alkyl halides is 2. The highest BCUT2D eigenvalue weighted by molar-refractivity contribution is 14.1. The first-order chi connectivity index (χ1) is 12.5. The van der Waals surface area contributed by atoms with Crippen molar-refractivity contribution >= 4 is 57.4 Å². The van der Waals surface area contributed by atoms with Crippen molar-refractivity contribution in [3.63, 3.8) is 0 Å². The van der Waals surface area contributed by atoms with Crippen LogP contribution in [0.5, 0.6) is 0 Å². The first kappa shape index (κ1) is 24.0. The molecule has 0 bridgehead atoms. The zero-order valence-corrected chi connectivity index (χ0v) is 20.1. The average Bonchev–Trinajstić information content (AvgIpc) is 2.62. The Kier molecular flexibility index (Phi) is 13.0. The minimum Gasteiger partial charge on any atom is -0.445 e. The normalized spacial score (nSPS) is 28.0. The molecule has 2 heterocycles. The van der Waals surface area contributed by atoms with E-state index in [0.29, 0.717) is 7.85 Å². The summed E-state index contributed by atoms with van der Waals surface area (Å²) >= 11 is 4.68. The van der Waals surface area contributed by atoms with E-state index in [9.17, 15) is 9.59 Å². The van der Waals surface area contributed by atoms with Gasteiger partial charge in [0, 0.05) is 13.1 Å². The van der Waals surface area contributed by atoms with Crippen LogP contribution in [0.3, 0.4) is 0 Å². The lowest BCUT2D eigenvalue weighted by Crippen LogP contribution is -2.45. The molecular formula is C18H32I2N2O4. The molecule has 4 atom stereocenters. The number of amides is 2. The summed E-state index contributed by atoms with van der Waals surface area (Å²) in [6.07, 6.45) is 8.96. The summed E-state index contributed by atoms with van der Waals surface area (Å²) in [5.41, 5.74) is 0. The standard InChI is InChI=1S/2C9H16INO2/c2*1-2-3-4-5-8-7(10)6-11-9(12)13-8/h2*7-8H,2-6H2,1H3,(H,11,12)/t2*7-,8-/m11/s1. The maximum absolute atomic E-state index is 10.9. The summed E-state index contributed by atoms with van der Waals surface area (Å²) in [7, 11) is 0. The fourth-order valence-corrected chi connectivity index (χ4v) is 4.25. The molecule has 2 N–H and O–H groups in total. The molecule has 0 aliphatic carbocycles. The first-order valence-corrected chi connectivity index (χ1v) is 12.1. The van der Waals surface area contributed by atoms with E-state index in [1.165, 1.54) is 25.7 Å². The zero-order valence-electron chi connectivity index (χ0n) is 15.8. The second-order valence-electron chi connectivity index (χ2n) is 6.67. The summed E-state index contributed by atoms with van der Waals surface area (Å²) in [5, 5.41) is 5.37. The lowest BCUT2D eigenvalue weighted by molar-refractivity contribution is 0.0740. The predicted molar refractivity (Wildman–Crippen MR) is 120 cm³/mol. The summed E-state index contributed by atoms with van der Waals surface area (Å²) in [4.78, 5) is 21.8.